The summed E-state index contributed by atoms with van der Waals surface area (Å²) in [7, 11) is 1.69. The Hall–Kier alpha value is -3.22. The lowest BCUT2D eigenvalue weighted by Gasteiger charge is -2.38. The number of carbonyl (C=O) groups excluding carboxylic acids is 2. The van der Waals surface area contributed by atoms with Crippen LogP contribution in [0.1, 0.15) is 37.6 Å². The Morgan fingerprint density at radius 2 is 1.66 bits per heavy atom. The maximum Gasteiger partial charge on any atom is 0.253 e. The van der Waals surface area contributed by atoms with E-state index in [-0.39, 0.29) is 17.7 Å². The molecule has 172 valence electrons. The number of benzene rings is 2. The zero-order valence-corrected chi connectivity index (χ0v) is 19.5. The van der Waals surface area contributed by atoms with E-state index in [9.17, 15) is 9.59 Å². The lowest BCUT2D eigenvalue weighted by atomic mass is 10.1. The maximum absolute atomic E-state index is 12.9. The molecule has 0 spiro atoms. The molecule has 0 radical (unpaired) electrons. The molecule has 32 heavy (non-hydrogen) atoms. The van der Waals surface area contributed by atoms with Gasteiger partial charge in [0.2, 0.25) is 5.91 Å². The molecule has 1 fully saturated rings. The van der Waals surface area contributed by atoms with E-state index in [1.54, 1.807) is 13.2 Å². The molecule has 2 amide bonds. The van der Waals surface area contributed by atoms with E-state index in [0.717, 1.165) is 49.7 Å². The molecule has 0 saturated carbocycles. The summed E-state index contributed by atoms with van der Waals surface area (Å²) in [6, 6.07) is 13.6. The summed E-state index contributed by atoms with van der Waals surface area (Å²) in [5.41, 5.74) is 3.20. The van der Waals surface area contributed by atoms with Crippen molar-refractivity contribution in [2.24, 2.45) is 5.92 Å². The number of anilines is 3. The van der Waals surface area contributed by atoms with Gasteiger partial charge < -0.3 is 25.2 Å². The van der Waals surface area contributed by atoms with Crippen molar-refractivity contribution in [3.8, 4) is 5.75 Å². The van der Waals surface area contributed by atoms with Crippen LogP contribution in [0, 0.1) is 5.92 Å². The van der Waals surface area contributed by atoms with Crippen LogP contribution < -0.4 is 25.2 Å². The Bertz CT molecular complexity index is 937. The van der Waals surface area contributed by atoms with Crippen molar-refractivity contribution in [3.05, 3.63) is 48.0 Å². The zero-order valence-electron chi connectivity index (χ0n) is 19.5. The molecule has 0 aromatic heterocycles. The second-order valence-corrected chi connectivity index (χ2v) is 8.28. The van der Waals surface area contributed by atoms with Gasteiger partial charge in [-0.15, -0.1) is 0 Å². The highest BCUT2D eigenvalue weighted by Crippen LogP contribution is 2.31. The Kier molecular flexibility index (Phi) is 7.98. The highest BCUT2D eigenvalue weighted by molar-refractivity contribution is 6.02. The summed E-state index contributed by atoms with van der Waals surface area (Å²) in [5, 5.41) is 5.88. The number of ether oxygens (including phenoxy) is 1. The second kappa shape index (κ2) is 10.9. The number of piperazine rings is 1. The van der Waals surface area contributed by atoms with Gasteiger partial charge in [0.25, 0.3) is 5.91 Å². The molecule has 3 rings (SSSR count). The summed E-state index contributed by atoms with van der Waals surface area (Å²) in [5.74, 6) is 0.554. The van der Waals surface area contributed by atoms with Crippen LogP contribution in [0.4, 0.5) is 17.1 Å². The molecule has 1 aliphatic rings. The lowest BCUT2D eigenvalue weighted by Crippen LogP contribution is -2.47. The molecule has 1 aliphatic heterocycles. The molecular weight excluding hydrogens is 404 g/mol. The van der Waals surface area contributed by atoms with E-state index < -0.39 is 0 Å². The Labute approximate surface area is 190 Å². The van der Waals surface area contributed by atoms with E-state index in [2.05, 4.69) is 26.5 Å². The number of methoxy groups -OCH3 is 1. The van der Waals surface area contributed by atoms with Gasteiger partial charge in [0.1, 0.15) is 5.75 Å². The highest BCUT2D eigenvalue weighted by atomic mass is 16.5. The number of nitrogens with one attached hydrogen (secondary N) is 2. The van der Waals surface area contributed by atoms with Crippen molar-refractivity contribution < 1.29 is 14.3 Å². The fourth-order valence-corrected chi connectivity index (χ4v) is 3.77. The summed E-state index contributed by atoms with van der Waals surface area (Å²) in [6.07, 6.45) is 0.864. The molecule has 1 saturated heterocycles. The predicted molar refractivity (Wildman–Crippen MR) is 130 cm³/mol. The number of rotatable bonds is 8. The molecule has 0 aliphatic carbocycles. The Morgan fingerprint density at radius 1 is 1.00 bits per heavy atom. The monoisotopic (exact) mass is 438 g/mol. The molecule has 2 aromatic carbocycles. The minimum atomic E-state index is -0.130. The normalized spacial score (nSPS) is 13.8. The van der Waals surface area contributed by atoms with Crippen LogP contribution in [-0.4, -0.2) is 51.6 Å². The summed E-state index contributed by atoms with van der Waals surface area (Å²) >= 11 is 0. The van der Waals surface area contributed by atoms with Gasteiger partial charge in [-0.05, 0) is 36.8 Å². The minimum Gasteiger partial charge on any atom is -0.495 e. The second-order valence-electron chi connectivity index (χ2n) is 8.28. The molecule has 7 heteroatoms. The number of nitrogens with zero attached hydrogens (tertiary/aromatic N) is 2. The first-order valence-electron chi connectivity index (χ1n) is 11.3. The third-order valence-corrected chi connectivity index (χ3v) is 5.61. The number of carbonyl (C=O) groups is 2. The lowest BCUT2D eigenvalue weighted by molar-refractivity contribution is -0.118. The first-order valence-corrected chi connectivity index (χ1v) is 11.3. The zero-order chi connectivity index (χ0) is 23.1. The fraction of sp³-hybridized carbons (Fsp3) is 0.440. The molecule has 0 atom stereocenters. The number of para-hydroxylation sites is 2. The van der Waals surface area contributed by atoms with Crippen molar-refractivity contribution >= 4 is 28.9 Å². The summed E-state index contributed by atoms with van der Waals surface area (Å²) in [4.78, 5) is 29.6. The van der Waals surface area contributed by atoms with Gasteiger partial charge in [0.15, 0.2) is 0 Å². The van der Waals surface area contributed by atoms with Crippen LogP contribution in [0.3, 0.4) is 0 Å². The third kappa shape index (κ3) is 5.52. The highest BCUT2D eigenvalue weighted by Gasteiger charge is 2.24. The van der Waals surface area contributed by atoms with Gasteiger partial charge in [-0.25, -0.2) is 0 Å². The van der Waals surface area contributed by atoms with Crippen LogP contribution in [0.15, 0.2) is 42.5 Å². The van der Waals surface area contributed by atoms with Gasteiger partial charge in [-0.2, -0.15) is 0 Å². The summed E-state index contributed by atoms with van der Waals surface area (Å²) in [6.45, 7) is 9.54. The van der Waals surface area contributed by atoms with Crippen LogP contribution in [0.5, 0.6) is 5.75 Å². The smallest absolute Gasteiger partial charge is 0.253 e. The number of hydrogen-bond donors (Lipinski definition) is 2. The number of hydrogen-bond acceptors (Lipinski definition) is 5. The van der Waals surface area contributed by atoms with Gasteiger partial charge in [0, 0.05) is 50.0 Å². The first-order chi connectivity index (χ1) is 15.4. The SMILES string of the molecule is CCCNC(=O)c1cc(NC(=O)C(C)C)ccc1N1CCN(c2ccccc2OC)CC1. The van der Waals surface area contributed by atoms with Crippen molar-refractivity contribution in [2.45, 2.75) is 27.2 Å². The Balaban J connectivity index is 1.80. The average molecular weight is 439 g/mol. The van der Waals surface area contributed by atoms with Crippen LogP contribution >= 0.6 is 0 Å². The number of amides is 2. The van der Waals surface area contributed by atoms with Crippen LogP contribution in [0.2, 0.25) is 0 Å². The van der Waals surface area contributed by atoms with E-state index in [1.165, 1.54) is 0 Å². The molecule has 1 heterocycles. The molecule has 7 nitrogen and oxygen atoms in total. The molecule has 0 unspecified atom stereocenters. The van der Waals surface area contributed by atoms with E-state index >= 15 is 0 Å². The molecule has 2 N–H and O–H groups in total. The van der Waals surface area contributed by atoms with Crippen molar-refractivity contribution in [3.63, 3.8) is 0 Å². The van der Waals surface area contributed by atoms with Crippen molar-refractivity contribution in [1.82, 2.24) is 5.32 Å². The minimum absolute atomic E-state index is 0.0666. The van der Waals surface area contributed by atoms with Gasteiger partial charge in [0.05, 0.1) is 18.4 Å². The average Bonchev–Trinajstić information content (AvgIpc) is 2.82. The van der Waals surface area contributed by atoms with Gasteiger partial charge in [-0.3, -0.25) is 9.59 Å². The maximum atomic E-state index is 12.9. The topological polar surface area (TPSA) is 73.9 Å². The standard InChI is InChI=1S/C25H34N4O3/c1-5-12-26-25(31)20-17-19(27-24(30)18(2)3)10-11-21(20)28-13-15-29(16-14-28)22-8-6-7-9-23(22)32-4/h6-11,17-18H,5,12-16H2,1-4H3,(H,26,31)(H,27,30). The van der Waals surface area contributed by atoms with Crippen molar-refractivity contribution in [1.29, 1.82) is 0 Å². The van der Waals surface area contributed by atoms with Crippen molar-refractivity contribution in [2.75, 3.05) is 55.0 Å². The van der Waals surface area contributed by atoms with Crippen LogP contribution in [-0.2, 0) is 4.79 Å². The third-order valence-electron chi connectivity index (χ3n) is 5.61. The van der Waals surface area contributed by atoms with Crippen LogP contribution in [0.25, 0.3) is 0 Å². The quantitative estimate of drug-likeness (QED) is 0.657. The predicted octanol–water partition coefficient (Wildman–Crippen LogP) is 3.76. The molecule has 0 bridgehead atoms. The summed E-state index contributed by atoms with van der Waals surface area (Å²) < 4.78 is 5.52. The Morgan fingerprint density at radius 3 is 2.28 bits per heavy atom. The molecule has 2 aromatic rings. The largest absolute Gasteiger partial charge is 0.495 e. The molecular formula is C25H34N4O3. The van der Waals surface area contributed by atoms with E-state index in [4.69, 9.17) is 4.74 Å². The van der Waals surface area contributed by atoms with E-state index in [1.807, 2.05) is 51.1 Å². The van der Waals surface area contributed by atoms with E-state index in [0.29, 0.717) is 17.8 Å². The van der Waals surface area contributed by atoms with Gasteiger partial charge >= 0.3 is 0 Å². The first kappa shape index (κ1) is 23.4. The van der Waals surface area contributed by atoms with Gasteiger partial charge in [-0.1, -0.05) is 32.9 Å². The fourth-order valence-electron chi connectivity index (χ4n) is 3.77.